The van der Waals surface area contributed by atoms with Crippen LogP contribution in [0.3, 0.4) is 0 Å². The third-order valence-corrected chi connectivity index (χ3v) is 13.2. The fourth-order valence-electron chi connectivity index (χ4n) is 9.77. The Morgan fingerprint density at radius 2 is 1.10 bits per heavy atom. The smallest absolute Gasteiger partial charge is 0.307 e. The summed E-state index contributed by atoms with van der Waals surface area (Å²) in [4.78, 5) is 39.3. The first-order valence-corrected chi connectivity index (χ1v) is 21.2. The molecule has 0 bridgehead atoms. The maximum absolute atomic E-state index is 12.4. The molecule has 0 unspecified atom stereocenters. The van der Waals surface area contributed by atoms with Gasteiger partial charge in [0.1, 0.15) is 12.4 Å². The molecule has 4 fully saturated rings. The molecule has 4 aliphatic rings. The van der Waals surface area contributed by atoms with Crippen LogP contribution in [0.2, 0.25) is 0 Å². The lowest BCUT2D eigenvalue weighted by atomic mass is 9.83. The third-order valence-electron chi connectivity index (χ3n) is 13.2. The Balaban J connectivity index is 1.09. The topological polar surface area (TPSA) is 170 Å². The van der Waals surface area contributed by atoms with E-state index in [0.29, 0.717) is 64.3 Å². The van der Waals surface area contributed by atoms with E-state index >= 15 is 0 Å². The Labute approximate surface area is 341 Å². The average molecular weight is 797 g/mol. The van der Waals surface area contributed by atoms with E-state index in [4.69, 9.17) is 9.47 Å². The van der Waals surface area contributed by atoms with Crippen molar-refractivity contribution in [3.8, 4) is 5.75 Å². The van der Waals surface area contributed by atoms with Crippen LogP contribution >= 0.6 is 0 Å². The molecule has 6 N–H and O–H groups in total. The highest BCUT2D eigenvalue weighted by molar-refractivity contribution is 5.72. The van der Waals surface area contributed by atoms with Gasteiger partial charge in [-0.05, 0) is 142 Å². The molecule has 0 radical (unpaired) electrons. The van der Waals surface area contributed by atoms with Gasteiger partial charge in [-0.1, -0.05) is 60.7 Å². The van der Waals surface area contributed by atoms with Gasteiger partial charge in [-0.2, -0.15) is 0 Å². The summed E-state index contributed by atoms with van der Waals surface area (Å²) < 4.78 is 12.4. The summed E-state index contributed by atoms with van der Waals surface area (Å²) in [5.41, 5.74) is 4.84. The molecule has 312 valence electrons. The van der Waals surface area contributed by atoms with Crippen LogP contribution in [0, 0.1) is 35.5 Å². The van der Waals surface area contributed by atoms with Gasteiger partial charge in [0.25, 0.3) is 0 Å². The number of carboxylic acids is 3. The van der Waals surface area contributed by atoms with E-state index in [1.54, 1.807) is 0 Å². The Hall–Kier alpha value is -4.33. The highest BCUT2D eigenvalue weighted by atomic mass is 16.5. The highest BCUT2D eigenvalue weighted by Crippen LogP contribution is 2.33. The molecule has 6 atom stereocenters. The number of carbonyl (C=O) groups is 3. The molecular formula is C46H60N4O8. The molecule has 3 aromatic carbocycles. The third kappa shape index (κ3) is 10.6. The van der Waals surface area contributed by atoms with Gasteiger partial charge >= 0.3 is 17.9 Å². The first-order chi connectivity index (χ1) is 28.2. The summed E-state index contributed by atoms with van der Waals surface area (Å²) in [5, 5.41) is 40.2. The second kappa shape index (κ2) is 19.6. The molecule has 12 heteroatoms. The summed E-state index contributed by atoms with van der Waals surface area (Å²) in [6.07, 6.45) is 4.72. The van der Waals surface area contributed by atoms with Crippen LogP contribution in [0.4, 0.5) is 0 Å². The number of ether oxygens (including phenoxy) is 2. The fraction of sp³-hybridized carbons (Fsp3) is 0.543. The van der Waals surface area contributed by atoms with Gasteiger partial charge in [0.15, 0.2) is 0 Å². The number of aliphatic carboxylic acids is 3. The van der Waals surface area contributed by atoms with Crippen LogP contribution in [0.25, 0.3) is 0 Å². The maximum Gasteiger partial charge on any atom is 0.307 e. The minimum absolute atomic E-state index is 0.105. The lowest BCUT2D eigenvalue weighted by Gasteiger charge is -2.50. The van der Waals surface area contributed by atoms with Crippen molar-refractivity contribution >= 4 is 17.9 Å². The van der Waals surface area contributed by atoms with E-state index in [1.165, 1.54) is 0 Å². The standard InChI is InChI=1S/C46H60N4O8/c51-43(52)40(36-10-13-47-25-36)21-31-4-1-7-34(18-31)24-46(29-57-30-46)50(28-35-8-2-5-32(19-35)22-41(44(53)54)37-11-14-48-26-37)16-17-58-39-9-3-6-33(20-39)23-42(45(55)56)38-12-15-49-27-38/h1-9,18-20,36-38,40-42,47-49H,10-17,21-30H2,(H,51,52)(H,53,54)(H,55,56)/t36-,37-,38-,40-,41-,42-/m0/s1. The van der Waals surface area contributed by atoms with Crippen molar-refractivity contribution in [1.82, 2.24) is 20.9 Å². The quantitative estimate of drug-likeness (QED) is 0.0914. The van der Waals surface area contributed by atoms with E-state index in [0.717, 1.165) is 86.3 Å². The van der Waals surface area contributed by atoms with Crippen molar-refractivity contribution in [2.45, 2.75) is 57.0 Å². The maximum atomic E-state index is 12.4. The van der Waals surface area contributed by atoms with Crippen molar-refractivity contribution in [1.29, 1.82) is 0 Å². The van der Waals surface area contributed by atoms with Gasteiger partial charge in [-0.25, -0.2) is 0 Å². The van der Waals surface area contributed by atoms with E-state index in [-0.39, 0.29) is 23.3 Å². The van der Waals surface area contributed by atoms with Gasteiger partial charge in [0.05, 0.1) is 36.5 Å². The number of benzene rings is 3. The zero-order valence-corrected chi connectivity index (χ0v) is 33.5. The van der Waals surface area contributed by atoms with Crippen LogP contribution in [-0.4, -0.2) is 109 Å². The SMILES string of the molecule is O=C(O)[C@@H](Cc1cccc(CN(CCOc2cccc(C[C@H](C(=O)O)[C@H]3CCNC3)c2)C2(Cc3cccc(C[C@H](C(=O)O)[C@H]4CCNC4)c3)COC2)c1)[C@H]1CCNC1. The zero-order chi connectivity index (χ0) is 40.5. The average Bonchev–Trinajstić information content (AvgIpc) is 4.02. The van der Waals surface area contributed by atoms with Crippen LogP contribution in [0.5, 0.6) is 5.75 Å². The number of carboxylic acid groups (broad SMARTS) is 3. The molecule has 4 saturated heterocycles. The molecule has 0 saturated carbocycles. The van der Waals surface area contributed by atoms with Crippen molar-refractivity contribution in [3.63, 3.8) is 0 Å². The first-order valence-electron chi connectivity index (χ1n) is 21.2. The lowest BCUT2D eigenvalue weighted by Crippen LogP contribution is -2.64. The number of hydrogen-bond acceptors (Lipinski definition) is 9. The highest BCUT2D eigenvalue weighted by Gasteiger charge is 2.44. The van der Waals surface area contributed by atoms with E-state index < -0.39 is 35.7 Å². The van der Waals surface area contributed by atoms with E-state index in [1.807, 2.05) is 48.5 Å². The summed E-state index contributed by atoms with van der Waals surface area (Å²) in [6, 6.07) is 24.4. The Bertz CT molecular complexity index is 1850. The van der Waals surface area contributed by atoms with Crippen molar-refractivity contribution in [3.05, 3.63) is 101 Å². The molecule has 58 heavy (non-hydrogen) atoms. The molecule has 4 heterocycles. The molecule has 12 nitrogen and oxygen atoms in total. The predicted octanol–water partition coefficient (Wildman–Crippen LogP) is 4.14. The summed E-state index contributed by atoms with van der Waals surface area (Å²) in [6.45, 7) is 7.38. The normalized spacial score (nSPS) is 22.9. The second-order valence-electron chi connectivity index (χ2n) is 17.2. The number of nitrogens with one attached hydrogen (secondary N) is 3. The zero-order valence-electron chi connectivity index (χ0n) is 33.5. The largest absolute Gasteiger partial charge is 0.492 e. The van der Waals surface area contributed by atoms with Crippen LogP contribution in [0.1, 0.15) is 47.1 Å². The molecule has 0 aromatic heterocycles. The molecule has 0 amide bonds. The van der Waals surface area contributed by atoms with Gasteiger partial charge in [-0.3, -0.25) is 19.3 Å². The summed E-state index contributed by atoms with van der Waals surface area (Å²) in [5.74, 6) is -2.58. The van der Waals surface area contributed by atoms with Crippen molar-refractivity contribution in [2.24, 2.45) is 35.5 Å². The molecule has 0 spiro atoms. The van der Waals surface area contributed by atoms with Gasteiger partial charge < -0.3 is 40.7 Å². The summed E-state index contributed by atoms with van der Waals surface area (Å²) in [7, 11) is 0. The Morgan fingerprint density at radius 1 is 0.655 bits per heavy atom. The van der Waals surface area contributed by atoms with Gasteiger partial charge in [-0.15, -0.1) is 0 Å². The van der Waals surface area contributed by atoms with Crippen LogP contribution in [0.15, 0.2) is 72.8 Å². The first kappa shape index (κ1) is 41.8. The molecule has 7 rings (SSSR count). The number of nitrogens with zero attached hydrogens (tertiary/aromatic N) is 1. The predicted molar refractivity (Wildman–Crippen MR) is 220 cm³/mol. The van der Waals surface area contributed by atoms with Crippen LogP contribution in [-0.2, 0) is 51.3 Å². The minimum Gasteiger partial charge on any atom is -0.492 e. The second-order valence-corrected chi connectivity index (χ2v) is 17.2. The number of rotatable bonds is 21. The molecular weight excluding hydrogens is 737 g/mol. The summed E-state index contributed by atoms with van der Waals surface area (Å²) >= 11 is 0. The Kier molecular flexibility index (Phi) is 14.1. The van der Waals surface area contributed by atoms with Crippen molar-refractivity contribution < 1.29 is 39.2 Å². The van der Waals surface area contributed by atoms with Crippen molar-refractivity contribution in [2.75, 3.05) is 65.6 Å². The lowest BCUT2D eigenvalue weighted by molar-refractivity contribution is -0.145. The number of hydrogen-bond donors (Lipinski definition) is 6. The molecule has 3 aromatic rings. The Morgan fingerprint density at radius 3 is 1.55 bits per heavy atom. The minimum atomic E-state index is -0.764. The fourth-order valence-corrected chi connectivity index (χ4v) is 9.77. The molecule has 0 aliphatic carbocycles. The van der Waals surface area contributed by atoms with E-state index in [2.05, 4.69) is 45.1 Å². The monoisotopic (exact) mass is 796 g/mol. The van der Waals surface area contributed by atoms with E-state index in [9.17, 15) is 29.7 Å². The molecule has 4 aliphatic heterocycles. The van der Waals surface area contributed by atoms with Gasteiger partial charge in [0.2, 0.25) is 0 Å². The van der Waals surface area contributed by atoms with Gasteiger partial charge in [0, 0.05) is 13.1 Å². The van der Waals surface area contributed by atoms with Crippen LogP contribution < -0.4 is 20.7 Å².